The molecule has 0 spiro atoms. The summed E-state index contributed by atoms with van der Waals surface area (Å²) in [6.45, 7) is 8.97. The SMILES string of the molecule is CCCCCCCCCCCCCCCCCCCCc1cc(O)c2c(c1)OC(C)(C)[C@@H]1CCC(C)=C[C@H]21. The second-order valence-corrected chi connectivity index (χ2v) is 13.2. The normalized spacial score (nSPS) is 19.9. The smallest absolute Gasteiger partial charge is 0.127 e. The minimum atomic E-state index is -0.187. The Morgan fingerprint density at radius 1 is 0.763 bits per heavy atom. The first-order valence-electron chi connectivity index (χ1n) is 16.6. The molecule has 0 radical (unpaired) electrons. The van der Waals surface area contributed by atoms with Gasteiger partial charge in [0.05, 0.1) is 0 Å². The van der Waals surface area contributed by atoms with Gasteiger partial charge in [0.15, 0.2) is 0 Å². The van der Waals surface area contributed by atoms with Crippen LogP contribution in [0.25, 0.3) is 0 Å². The molecule has 216 valence electrons. The van der Waals surface area contributed by atoms with Gasteiger partial charge in [0, 0.05) is 17.4 Å². The van der Waals surface area contributed by atoms with Crippen molar-refractivity contribution in [3.05, 3.63) is 34.9 Å². The predicted molar refractivity (Wildman–Crippen MR) is 165 cm³/mol. The van der Waals surface area contributed by atoms with E-state index in [-0.39, 0.29) is 11.5 Å². The van der Waals surface area contributed by atoms with Gasteiger partial charge in [0.1, 0.15) is 17.1 Å². The lowest BCUT2D eigenvalue weighted by atomic mass is 9.68. The van der Waals surface area contributed by atoms with Gasteiger partial charge in [-0.2, -0.15) is 0 Å². The molecular formula is C36H60O2. The van der Waals surface area contributed by atoms with Crippen molar-refractivity contribution in [1.82, 2.24) is 0 Å². The number of hydrogen-bond donors (Lipinski definition) is 1. The molecule has 38 heavy (non-hydrogen) atoms. The molecule has 1 aliphatic carbocycles. The highest BCUT2D eigenvalue weighted by molar-refractivity contribution is 5.54. The van der Waals surface area contributed by atoms with Gasteiger partial charge in [-0.1, -0.05) is 128 Å². The molecular weight excluding hydrogens is 464 g/mol. The Hall–Kier alpha value is -1.44. The second kappa shape index (κ2) is 16.6. The first-order valence-corrected chi connectivity index (χ1v) is 16.6. The highest BCUT2D eigenvalue weighted by Gasteiger charge is 2.45. The number of phenols is 1. The summed E-state index contributed by atoms with van der Waals surface area (Å²) in [7, 11) is 0. The van der Waals surface area contributed by atoms with Crippen molar-refractivity contribution in [2.45, 2.75) is 174 Å². The molecule has 0 unspecified atom stereocenters. The average molecular weight is 525 g/mol. The lowest BCUT2D eigenvalue weighted by molar-refractivity contribution is 0.0107. The monoisotopic (exact) mass is 524 g/mol. The third-order valence-electron chi connectivity index (χ3n) is 9.35. The van der Waals surface area contributed by atoms with Gasteiger partial charge in [0.25, 0.3) is 0 Å². The second-order valence-electron chi connectivity index (χ2n) is 13.2. The Balaban J connectivity index is 1.23. The van der Waals surface area contributed by atoms with Crippen LogP contribution in [0.15, 0.2) is 23.8 Å². The van der Waals surface area contributed by atoms with Crippen molar-refractivity contribution in [3.63, 3.8) is 0 Å². The Labute approximate surface area is 236 Å². The molecule has 0 fully saturated rings. The Kier molecular flexibility index (Phi) is 13.6. The summed E-state index contributed by atoms with van der Waals surface area (Å²) in [5.74, 6) is 2.07. The summed E-state index contributed by atoms with van der Waals surface area (Å²) < 4.78 is 6.50. The van der Waals surface area contributed by atoms with Crippen molar-refractivity contribution in [3.8, 4) is 11.5 Å². The van der Waals surface area contributed by atoms with E-state index < -0.39 is 0 Å². The number of phenolic OH excluding ortho intramolecular Hbond substituents is 1. The lowest BCUT2D eigenvalue weighted by Gasteiger charge is -2.46. The maximum absolute atomic E-state index is 11.0. The van der Waals surface area contributed by atoms with Gasteiger partial charge >= 0.3 is 0 Å². The largest absolute Gasteiger partial charge is 0.507 e. The third-order valence-corrected chi connectivity index (χ3v) is 9.35. The third kappa shape index (κ3) is 9.95. The van der Waals surface area contributed by atoms with E-state index in [1.807, 2.05) is 6.07 Å². The number of fused-ring (bicyclic) bond motifs is 3. The number of ether oxygens (including phenoxy) is 1. The summed E-state index contributed by atoms with van der Waals surface area (Å²) in [6, 6.07) is 4.24. The van der Waals surface area contributed by atoms with E-state index in [2.05, 4.69) is 39.8 Å². The molecule has 2 aliphatic rings. The van der Waals surface area contributed by atoms with Gasteiger partial charge in [0.2, 0.25) is 0 Å². The molecule has 1 aromatic rings. The van der Waals surface area contributed by atoms with Crippen LogP contribution >= 0.6 is 0 Å². The number of rotatable bonds is 19. The minimum Gasteiger partial charge on any atom is -0.507 e. The Morgan fingerprint density at radius 2 is 1.26 bits per heavy atom. The van der Waals surface area contributed by atoms with Crippen LogP contribution in [0.2, 0.25) is 0 Å². The van der Waals surface area contributed by atoms with Crippen molar-refractivity contribution in [2.75, 3.05) is 0 Å². The molecule has 2 atom stereocenters. The first kappa shape index (κ1) is 31.1. The number of allylic oxidation sites excluding steroid dienone is 2. The quantitative estimate of drug-likeness (QED) is 0.144. The summed E-state index contributed by atoms with van der Waals surface area (Å²) >= 11 is 0. The number of benzene rings is 1. The van der Waals surface area contributed by atoms with Crippen LogP contribution in [-0.4, -0.2) is 10.7 Å². The Morgan fingerprint density at radius 3 is 1.79 bits per heavy atom. The van der Waals surface area contributed by atoms with Crippen LogP contribution in [0.3, 0.4) is 0 Å². The lowest BCUT2D eigenvalue weighted by Crippen LogP contribution is -2.45. The number of aryl methyl sites for hydroxylation is 1. The minimum absolute atomic E-state index is 0.187. The zero-order valence-electron chi connectivity index (χ0n) is 25.6. The zero-order chi connectivity index (χ0) is 27.2. The predicted octanol–water partition coefficient (Wildman–Crippen LogP) is 11.6. The van der Waals surface area contributed by atoms with E-state index in [9.17, 15) is 5.11 Å². The van der Waals surface area contributed by atoms with Crippen LogP contribution in [0.5, 0.6) is 11.5 Å². The first-order chi connectivity index (χ1) is 18.4. The van der Waals surface area contributed by atoms with Crippen LogP contribution in [-0.2, 0) is 6.42 Å². The van der Waals surface area contributed by atoms with Gasteiger partial charge in [-0.15, -0.1) is 0 Å². The van der Waals surface area contributed by atoms with Crippen molar-refractivity contribution < 1.29 is 9.84 Å². The van der Waals surface area contributed by atoms with E-state index in [0.717, 1.165) is 30.6 Å². The maximum atomic E-state index is 11.0. The molecule has 0 saturated carbocycles. The van der Waals surface area contributed by atoms with Crippen molar-refractivity contribution in [1.29, 1.82) is 0 Å². The molecule has 0 bridgehead atoms. The van der Waals surface area contributed by atoms with Crippen LogP contribution in [0.4, 0.5) is 0 Å². The molecule has 1 aliphatic heterocycles. The molecule has 1 heterocycles. The summed E-state index contributed by atoms with van der Waals surface area (Å²) in [5.41, 5.74) is 3.50. The zero-order valence-corrected chi connectivity index (χ0v) is 25.6. The standard InChI is InChI=1S/C36H60O2/c1-5-6-7-8-9-10-11-12-13-14-15-16-17-18-19-20-21-22-23-30-27-33(37)35-31-26-29(2)24-25-32(31)36(3,4)38-34(35)28-30/h26-28,31-32,37H,5-25H2,1-4H3/t31-,32+/m0/s1. The fraction of sp³-hybridized carbons (Fsp3) is 0.778. The highest BCUT2D eigenvalue weighted by atomic mass is 16.5. The van der Waals surface area contributed by atoms with E-state index in [0.29, 0.717) is 11.7 Å². The number of aromatic hydroxyl groups is 1. The van der Waals surface area contributed by atoms with Gasteiger partial charge in [-0.05, 0) is 64.2 Å². The molecule has 0 amide bonds. The van der Waals surface area contributed by atoms with Gasteiger partial charge in [-0.25, -0.2) is 0 Å². The van der Waals surface area contributed by atoms with Crippen molar-refractivity contribution >= 4 is 0 Å². The summed E-state index contributed by atoms with van der Waals surface area (Å²) in [4.78, 5) is 0. The van der Waals surface area contributed by atoms with Crippen LogP contribution in [0.1, 0.15) is 173 Å². The van der Waals surface area contributed by atoms with E-state index >= 15 is 0 Å². The highest BCUT2D eigenvalue weighted by Crippen LogP contribution is 2.53. The van der Waals surface area contributed by atoms with E-state index in [4.69, 9.17) is 4.74 Å². The number of hydrogen-bond acceptors (Lipinski definition) is 2. The van der Waals surface area contributed by atoms with Gasteiger partial charge < -0.3 is 9.84 Å². The molecule has 0 aromatic heterocycles. The Bertz CT molecular complexity index is 836. The molecule has 1 aromatic carbocycles. The fourth-order valence-electron chi connectivity index (χ4n) is 6.95. The molecule has 1 N–H and O–H groups in total. The number of unbranched alkanes of at least 4 members (excludes halogenated alkanes) is 17. The van der Waals surface area contributed by atoms with Crippen molar-refractivity contribution in [2.24, 2.45) is 5.92 Å². The summed E-state index contributed by atoms with van der Waals surface area (Å²) in [6.07, 6.45) is 31.0. The molecule has 0 saturated heterocycles. The molecule has 2 nitrogen and oxygen atoms in total. The van der Waals surface area contributed by atoms with Crippen LogP contribution < -0.4 is 4.74 Å². The molecule has 3 rings (SSSR count). The van der Waals surface area contributed by atoms with Gasteiger partial charge in [-0.3, -0.25) is 0 Å². The summed E-state index contributed by atoms with van der Waals surface area (Å²) in [5, 5.41) is 11.0. The van der Waals surface area contributed by atoms with E-state index in [1.54, 1.807) is 0 Å². The topological polar surface area (TPSA) is 29.5 Å². The van der Waals surface area contributed by atoms with E-state index in [1.165, 1.54) is 127 Å². The maximum Gasteiger partial charge on any atom is 0.127 e. The molecule has 2 heteroatoms. The average Bonchev–Trinajstić information content (AvgIpc) is 2.87. The van der Waals surface area contributed by atoms with Crippen LogP contribution in [0, 0.1) is 5.92 Å². The fourth-order valence-corrected chi connectivity index (χ4v) is 6.95.